The number of carbonyl (C=O) groups excluding carboxylic acids is 1. The van der Waals surface area contributed by atoms with E-state index in [0.29, 0.717) is 12.2 Å². The van der Waals surface area contributed by atoms with Gasteiger partial charge in [-0.3, -0.25) is 4.79 Å². The molecule has 2 saturated carbocycles. The molecule has 5 nitrogen and oxygen atoms in total. The van der Waals surface area contributed by atoms with E-state index < -0.39 is 17.1 Å². The van der Waals surface area contributed by atoms with Crippen molar-refractivity contribution in [3.8, 4) is 11.5 Å². The van der Waals surface area contributed by atoms with E-state index >= 15 is 0 Å². The van der Waals surface area contributed by atoms with E-state index in [1.54, 1.807) is 6.07 Å². The summed E-state index contributed by atoms with van der Waals surface area (Å²) < 4.78 is 7.02. The van der Waals surface area contributed by atoms with E-state index in [1.807, 2.05) is 13.0 Å². The van der Waals surface area contributed by atoms with Gasteiger partial charge in [0.2, 0.25) is 0 Å². The number of likely N-dealkylation sites (tertiary alicyclic amines) is 1. The van der Waals surface area contributed by atoms with Crippen LogP contribution in [0.1, 0.15) is 43.7 Å². The number of quaternary nitrogens is 1. The number of hydrogen-bond acceptors (Lipinski definition) is 4. The van der Waals surface area contributed by atoms with Crippen LogP contribution in [0.4, 0.5) is 0 Å². The van der Waals surface area contributed by atoms with Crippen molar-refractivity contribution in [1.29, 1.82) is 0 Å². The number of benzene rings is 1. The van der Waals surface area contributed by atoms with Gasteiger partial charge in [-0.2, -0.15) is 0 Å². The molecular weight excluding hydrogens is 342 g/mol. The molecule has 2 N–H and O–H groups in total. The zero-order valence-electron chi connectivity index (χ0n) is 16.1. The summed E-state index contributed by atoms with van der Waals surface area (Å²) in [6.45, 7) is 4.12. The fourth-order valence-electron chi connectivity index (χ4n) is 7.33. The van der Waals surface area contributed by atoms with Crippen LogP contribution in [-0.2, 0) is 16.6 Å². The minimum absolute atomic E-state index is 0.0732. The highest BCUT2D eigenvalue weighted by atomic mass is 16.5. The van der Waals surface area contributed by atoms with Crippen LogP contribution in [0.25, 0.3) is 0 Å². The molecule has 1 spiro atoms. The van der Waals surface area contributed by atoms with Crippen LogP contribution < -0.4 is 4.74 Å². The molecule has 0 aromatic heterocycles. The average molecular weight is 370 g/mol. The van der Waals surface area contributed by atoms with E-state index in [0.717, 1.165) is 47.5 Å². The molecule has 6 rings (SSSR count). The van der Waals surface area contributed by atoms with Crippen molar-refractivity contribution in [2.75, 3.05) is 20.1 Å². The molecule has 5 aliphatic rings. The molecule has 1 saturated heterocycles. The maximum Gasteiger partial charge on any atom is 0.174 e. The van der Waals surface area contributed by atoms with Gasteiger partial charge in [0.1, 0.15) is 11.6 Å². The molecule has 2 heterocycles. The van der Waals surface area contributed by atoms with Gasteiger partial charge in [0, 0.05) is 30.7 Å². The van der Waals surface area contributed by atoms with E-state index in [2.05, 4.69) is 7.05 Å². The molecule has 1 aromatic rings. The van der Waals surface area contributed by atoms with E-state index in [1.165, 1.54) is 12.8 Å². The van der Waals surface area contributed by atoms with Crippen LogP contribution in [0, 0.1) is 11.8 Å². The van der Waals surface area contributed by atoms with Gasteiger partial charge < -0.3 is 19.4 Å². The summed E-state index contributed by atoms with van der Waals surface area (Å²) in [5.41, 5.74) is 0.417. The predicted octanol–water partition coefficient (Wildman–Crippen LogP) is 1.92. The quantitative estimate of drug-likeness (QED) is 0.781. The van der Waals surface area contributed by atoms with E-state index in [4.69, 9.17) is 4.74 Å². The number of piperidine rings is 1. The Morgan fingerprint density at radius 2 is 2.07 bits per heavy atom. The summed E-state index contributed by atoms with van der Waals surface area (Å²) in [4.78, 5) is 13.0. The van der Waals surface area contributed by atoms with Gasteiger partial charge in [-0.25, -0.2) is 0 Å². The zero-order valence-corrected chi connectivity index (χ0v) is 16.1. The second kappa shape index (κ2) is 4.69. The molecule has 2 bridgehead atoms. The number of Topliss-reactive ketones (excluding diaryl/α,β-unsaturated/α-hetero) is 1. The van der Waals surface area contributed by atoms with Gasteiger partial charge in [-0.15, -0.1) is 0 Å². The smallest absolute Gasteiger partial charge is 0.174 e. The van der Waals surface area contributed by atoms with Gasteiger partial charge in [0.05, 0.1) is 25.6 Å². The summed E-state index contributed by atoms with van der Waals surface area (Å²) in [7, 11) is 2.31. The standard InChI is InChI=1S/C22H27NO4/c1-12-9-16(25)20-21-7-8-23(2,11-13-3-4-13)17(22(12,21)26)10-14-5-6-15(24)19(27-20)18(14)21/h5-6,12-13,17,20,26H,3-4,7-11H2,1-2H3/p+1/t12?,17-,20+,21+,22-,23-/m1/s1. The highest BCUT2D eigenvalue weighted by Crippen LogP contribution is 2.67. The lowest BCUT2D eigenvalue weighted by atomic mass is 9.46. The minimum atomic E-state index is -0.973. The number of ether oxygens (including phenoxy) is 1. The number of ketones is 1. The molecule has 0 amide bonds. The van der Waals surface area contributed by atoms with Crippen molar-refractivity contribution in [1.82, 2.24) is 0 Å². The Hall–Kier alpha value is -1.59. The third-order valence-electron chi connectivity index (χ3n) is 8.68. The topological polar surface area (TPSA) is 66.8 Å². The van der Waals surface area contributed by atoms with Crippen molar-refractivity contribution < 1.29 is 24.2 Å². The maximum absolute atomic E-state index is 13.0. The molecule has 27 heavy (non-hydrogen) atoms. The van der Waals surface area contributed by atoms with Crippen molar-refractivity contribution in [2.45, 2.75) is 62.2 Å². The molecular formula is C22H28NO4+. The Morgan fingerprint density at radius 3 is 2.81 bits per heavy atom. The van der Waals surface area contributed by atoms with Crippen molar-refractivity contribution >= 4 is 5.78 Å². The normalized spacial score (nSPS) is 46.8. The molecule has 1 unspecified atom stereocenters. The molecule has 3 aliphatic carbocycles. The van der Waals surface area contributed by atoms with Crippen LogP contribution >= 0.6 is 0 Å². The molecule has 5 heteroatoms. The first-order valence-corrected chi connectivity index (χ1v) is 10.4. The number of phenolic OH excluding ortho intramolecular Hbond substituents is 1. The number of hydrogen-bond donors (Lipinski definition) is 2. The van der Waals surface area contributed by atoms with E-state index in [9.17, 15) is 15.0 Å². The monoisotopic (exact) mass is 370 g/mol. The lowest BCUT2D eigenvalue weighted by Gasteiger charge is -2.66. The number of aliphatic hydroxyl groups is 1. The third kappa shape index (κ3) is 1.68. The molecule has 144 valence electrons. The SMILES string of the molecule is CC1CC(=O)[C@@H]2Oc3c(O)ccc4c3[C@@]23CC[N@+](C)(CC2CC2)[C@H](C4)[C@]13O. The third-order valence-corrected chi connectivity index (χ3v) is 8.68. The summed E-state index contributed by atoms with van der Waals surface area (Å²) in [6.07, 6.45) is 3.84. The lowest BCUT2D eigenvalue weighted by molar-refractivity contribution is -0.951. The minimum Gasteiger partial charge on any atom is -0.504 e. The predicted molar refractivity (Wildman–Crippen MR) is 98.7 cm³/mol. The Morgan fingerprint density at radius 1 is 1.30 bits per heavy atom. The molecule has 6 atom stereocenters. The summed E-state index contributed by atoms with van der Waals surface area (Å²) in [5, 5.41) is 22.9. The van der Waals surface area contributed by atoms with Crippen LogP contribution in [0.3, 0.4) is 0 Å². The van der Waals surface area contributed by atoms with Gasteiger partial charge in [-0.05, 0) is 30.4 Å². The van der Waals surface area contributed by atoms with Crippen LogP contribution in [0.15, 0.2) is 12.1 Å². The summed E-state index contributed by atoms with van der Waals surface area (Å²) in [5.74, 6) is 1.30. The summed E-state index contributed by atoms with van der Waals surface area (Å²) >= 11 is 0. The number of likely N-dealkylation sites (N-methyl/N-ethyl adjacent to an activating group) is 1. The molecule has 2 aliphatic heterocycles. The van der Waals surface area contributed by atoms with Gasteiger partial charge in [0.15, 0.2) is 23.4 Å². The van der Waals surface area contributed by atoms with Crippen LogP contribution in [0.5, 0.6) is 11.5 Å². The van der Waals surface area contributed by atoms with Crippen LogP contribution in [0.2, 0.25) is 0 Å². The number of carbonyl (C=O) groups is 1. The van der Waals surface area contributed by atoms with Crippen molar-refractivity contribution in [3.63, 3.8) is 0 Å². The van der Waals surface area contributed by atoms with Gasteiger partial charge in [0.25, 0.3) is 0 Å². The number of aromatic hydroxyl groups is 1. The van der Waals surface area contributed by atoms with Gasteiger partial charge in [-0.1, -0.05) is 13.0 Å². The maximum atomic E-state index is 13.0. The second-order valence-corrected chi connectivity index (χ2v) is 10.1. The Bertz CT molecular complexity index is 879. The Labute approximate surface area is 159 Å². The average Bonchev–Trinajstić information content (AvgIpc) is 3.34. The highest BCUT2D eigenvalue weighted by molar-refractivity contribution is 5.90. The van der Waals surface area contributed by atoms with E-state index in [-0.39, 0.29) is 23.5 Å². The molecule has 0 radical (unpaired) electrons. The fourth-order valence-corrected chi connectivity index (χ4v) is 7.33. The fraction of sp³-hybridized carbons (Fsp3) is 0.682. The Balaban J connectivity index is 1.63. The first kappa shape index (κ1) is 16.4. The largest absolute Gasteiger partial charge is 0.504 e. The molecule has 3 fully saturated rings. The number of nitrogens with zero attached hydrogens (tertiary/aromatic N) is 1. The van der Waals surface area contributed by atoms with Crippen molar-refractivity contribution in [2.24, 2.45) is 11.8 Å². The number of rotatable bonds is 2. The highest BCUT2D eigenvalue weighted by Gasteiger charge is 2.78. The van der Waals surface area contributed by atoms with Crippen LogP contribution in [-0.4, -0.2) is 58.4 Å². The first-order valence-electron chi connectivity index (χ1n) is 10.4. The molecule has 1 aromatic carbocycles. The van der Waals surface area contributed by atoms with Gasteiger partial charge >= 0.3 is 0 Å². The summed E-state index contributed by atoms with van der Waals surface area (Å²) in [6, 6.07) is 3.76. The number of phenols is 1. The second-order valence-electron chi connectivity index (χ2n) is 10.1. The van der Waals surface area contributed by atoms with Crippen molar-refractivity contribution in [3.05, 3.63) is 23.3 Å². The Kier molecular flexibility index (Phi) is 2.84. The lowest BCUT2D eigenvalue weighted by Crippen LogP contribution is -2.82. The first-order chi connectivity index (χ1) is 12.8. The zero-order chi connectivity index (χ0) is 18.8.